The summed E-state index contributed by atoms with van der Waals surface area (Å²) in [7, 11) is 1.58. The van der Waals surface area contributed by atoms with Gasteiger partial charge in [0, 0.05) is 5.92 Å². The molecular formula is C13H12O4. The SMILES string of the molecule is COc1ccc(C=CC(O)C#CC(=O)O)cc1. The van der Waals surface area contributed by atoms with Gasteiger partial charge in [0.2, 0.25) is 0 Å². The highest BCUT2D eigenvalue weighted by molar-refractivity contribution is 5.86. The van der Waals surface area contributed by atoms with Crippen molar-refractivity contribution < 1.29 is 19.7 Å². The summed E-state index contributed by atoms with van der Waals surface area (Å²) in [5, 5.41) is 17.6. The Morgan fingerprint density at radius 2 is 2.06 bits per heavy atom. The molecule has 0 spiro atoms. The van der Waals surface area contributed by atoms with Gasteiger partial charge in [0.1, 0.15) is 11.9 Å². The minimum Gasteiger partial charge on any atom is -0.497 e. The first kappa shape index (κ1) is 12.8. The van der Waals surface area contributed by atoms with E-state index in [0.29, 0.717) is 0 Å². The molecule has 1 aromatic carbocycles. The van der Waals surface area contributed by atoms with E-state index in [4.69, 9.17) is 9.84 Å². The summed E-state index contributed by atoms with van der Waals surface area (Å²) in [6, 6.07) is 7.20. The molecule has 0 radical (unpaired) electrons. The predicted octanol–water partition coefficient (Wildman–Crippen LogP) is 1.16. The fraction of sp³-hybridized carbons (Fsp3) is 0.154. The highest BCUT2D eigenvalue weighted by Gasteiger charge is 1.94. The van der Waals surface area contributed by atoms with Crippen LogP contribution in [-0.4, -0.2) is 29.4 Å². The summed E-state index contributed by atoms with van der Waals surface area (Å²) >= 11 is 0. The molecule has 1 atom stereocenters. The van der Waals surface area contributed by atoms with Crippen molar-refractivity contribution in [3.05, 3.63) is 35.9 Å². The maximum atomic E-state index is 10.1. The fourth-order valence-electron chi connectivity index (χ4n) is 1.10. The Labute approximate surface area is 99.2 Å². The Balaban J connectivity index is 2.64. The normalized spacial score (nSPS) is 11.6. The summed E-state index contributed by atoms with van der Waals surface area (Å²) in [5.41, 5.74) is 0.863. The van der Waals surface area contributed by atoms with Crippen molar-refractivity contribution in [3.8, 4) is 17.6 Å². The first-order valence-corrected chi connectivity index (χ1v) is 4.86. The van der Waals surface area contributed by atoms with Gasteiger partial charge < -0.3 is 14.9 Å². The summed E-state index contributed by atoms with van der Waals surface area (Å²) in [5.74, 6) is 3.50. The molecule has 1 rings (SSSR count). The molecule has 88 valence electrons. The first-order chi connectivity index (χ1) is 8.11. The van der Waals surface area contributed by atoms with Gasteiger partial charge in [-0.2, -0.15) is 0 Å². The Morgan fingerprint density at radius 3 is 2.59 bits per heavy atom. The molecule has 1 aromatic rings. The molecule has 0 aromatic heterocycles. The second kappa shape index (κ2) is 6.36. The molecule has 0 aliphatic carbocycles. The van der Waals surface area contributed by atoms with Crippen LogP contribution in [0.25, 0.3) is 6.08 Å². The quantitative estimate of drug-likeness (QED) is 0.767. The van der Waals surface area contributed by atoms with Crippen LogP contribution in [0.15, 0.2) is 30.3 Å². The van der Waals surface area contributed by atoms with Gasteiger partial charge >= 0.3 is 5.97 Å². The minimum atomic E-state index is -1.26. The molecule has 0 saturated carbocycles. The van der Waals surface area contributed by atoms with Crippen molar-refractivity contribution in [1.82, 2.24) is 0 Å². The van der Waals surface area contributed by atoms with Gasteiger partial charge in [0.05, 0.1) is 7.11 Å². The van der Waals surface area contributed by atoms with Crippen molar-refractivity contribution in [2.45, 2.75) is 6.10 Å². The monoisotopic (exact) mass is 232 g/mol. The number of rotatable bonds is 3. The van der Waals surface area contributed by atoms with E-state index >= 15 is 0 Å². The molecule has 0 bridgehead atoms. The minimum absolute atomic E-state index is 0.744. The van der Waals surface area contributed by atoms with E-state index in [1.165, 1.54) is 6.08 Å². The van der Waals surface area contributed by atoms with Crippen LogP contribution in [0.3, 0.4) is 0 Å². The van der Waals surface area contributed by atoms with Crippen molar-refractivity contribution >= 4 is 12.0 Å². The van der Waals surface area contributed by atoms with E-state index in [1.54, 1.807) is 25.3 Å². The lowest BCUT2D eigenvalue weighted by Gasteiger charge is -1.99. The second-order valence-corrected chi connectivity index (χ2v) is 3.15. The number of aliphatic carboxylic acids is 1. The smallest absolute Gasteiger partial charge is 0.382 e. The van der Waals surface area contributed by atoms with Gasteiger partial charge in [-0.05, 0) is 23.8 Å². The first-order valence-electron chi connectivity index (χ1n) is 4.86. The number of carboxylic acids is 1. The number of benzene rings is 1. The number of aliphatic hydroxyl groups is 1. The van der Waals surface area contributed by atoms with Gasteiger partial charge in [0.15, 0.2) is 0 Å². The van der Waals surface area contributed by atoms with E-state index in [2.05, 4.69) is 5.92 Å². The third-order valence-corrected chi connectivity index (χ3v) is 1.91. The average molecular weight is 232 g/mol. The van der Waals surface area contributed by atoms with Crippen LogP contribution in [-0.2, 0) is 4.79 Å². The Hall–Kier alpha value is -2.25. The zero-order valence-corrected chi connectivity index (χ0v) is 9.25. The van der Waals surface area contributed by atoms with Crippen LogP contribution in [0.2, 0.25) is 0 Å². The van der Waals surface area contributed by atoms with Crippen LogP contribution in [0, 0.1) is 11.8 Å². The van der Waals surface area contributed by atoms with Crippen molar-refractivity contribution in [3.63, 3.8) is 0 Å². The van der Waals surface area contributed by atoms with Crippen LogP contribution < -0.4 is 4.74 Å². The maximum absolute atomic E-state index is 10.1. The third-order valence-electron chi connectivity index (χ3n) is 1.91. The summed E-state index contributed by atoms with van der Waals surface area (Å²) in [6.45, 7) is 0. The number of carbonyl (C=O) groups is 1. The standard InChI is InChI=1S/C13H12O4/c1-17-12-7-3-10(4-8-12)2-5-11(14)6-9-13(15)16/h2-5,7-8,11,14H,1H3,(H,15,16). The van der Waals surface area contributed by atoms with Crippen molar-refractivity contribution in [2.24, 2.45) is 0 Å². The molecule has 17 heavy (non-hydrogen) atoms. The number of hydrogen-bond acceptors (Lipinski definition) is 3. The largest absolute Gasteiger partial charge is 0.497 e. The Morgan fingerprint density at radius 1 is 1.41 bits per heavy atom. The Bertz CT molecular complexity index is 462. The van der Waals surface area contributed by atoms with Gasteiger partial charge in [-0.15, -0.1) is 0 Å². The number of carboxylic acid groups (broad SMARTS) is 1. The lowest BCUT2D eigenvalue weighted by Crippen LogP contribution is -1.98. The van der Waals surface area contributed by atoms with Crippen LogP contribution in [0.1, 0.15) is 5.56 Å². The summed E-state index contributed by atoms with van der Waals surface area (Å²) in [4.78, 5) is 10.1. The molecule has 0 fully saturated rings. The van der Waals surface area contributed by atoms with Gasteiger partial charge in [-0.3, -0.25) is 0 Å². The van der Waals surface area contributed by atoms with Crippen molar-refractivity contribution in [1.29, 1.82) is 0 Å². The average Bonchev–Trinajstić information content (AvgIpc) is 2.34. The predicted molar refractivity (Wildman–Crippen MR) is 63.4 cm³/mol. The van der Waals surface area contributed by atoms with E-state index in [1.807, 2.05) is 18.1 Å². The lowest BCUT2D eigenvalue weighted by molar-refractivity contribution is -0.130. The van der Waals surface area contributed by atoms with Crippen LogP contribution in [0.5, 0.6) is 5.75 Å². The fourth-order valence-corrected chi connectivity index (χ4v) is 1.10. The third kappa shape index (κ3) is 4.87. The van der Waals surface area contributed by atoms with Gasteiger partial charge in [-0.1, -0.05) is 24.1 Å². The number of aliphatic hydroxyl groups excluding tert-OH is 1. The molecule has 0 aliphatic heterocycles. The molecule has 4 nitrogen and oxygen atoms in total. The molecule has 0 saturated heterocycles. The molecular weight excluding hydrogens is 220 g/mol. The van der Waals surface area contributed by atoms with E-state index in [0.717, 1.165) is 11.3 Å². The van der Waals surface area contributed by atoms with Crippen LogP contribution >= 0.6 is 0 Å². The number of ether oxygens (including phenoxy) is 1. The van der Waals surface area contributed by atoms with E-state index < -0.39 is 12.1 Å². The molecule has 0 amide bonds. The Kier molecular flexibility index (Phi) is 4.79. The molecule has 2 N–H and O–H groups in total. The second-order valence-electron chi connectivity index (χ2n) is 3.15. The lowest BCUT2D eigenvalue weighted by atomic mass is 10.2. The summed E-state index contributed by atoms with van der Waals surface area (Å²) < 4.78 is 5.00. The van der Waals surface area contributed by atoms with Crippen LogP contribution in [0.4, 0.5) is 0 Å². The van der Waals surface area contributed by atoms with Gasteiger partial charge in [-0.25, -0.2) is 4.79 Å². The van der Waals surface area contributed by atoms with Gasteiger partial charge in [0.25, 0.3) is 0 Å². The molecule has 0 aliphatic rings. The number of methoxy groups -OCH3 is 1. The van der Waals surface area contributed by atoms with E-state index in [9.17, 15) is 9.90 Å². The highest BCUT2D eigenvalue weighted by atomic mass is 16.5. The summed E-state index contributed by atoms with van der Waals surface area (Å²) in [6.07, 6.45) is 1.98. The zero-order chi connectivity index (χ0) is 12.7. The topological polar surface area (TPSA) is 66.8 Å². The molecule has 1 unspecified atom stereocenters. The van der Waals surface area contributed by atoms with E-state index in [-0.39, 0.29) is 0 Å². The zero-order valence-electron chi connectivity index (χ0n) is 9.25. The van der Waals surface area contributed by atoms with Crippen molar-refractivity contribution in [2.75, 3.05) is 7.11 Å². The maximum Gasteiger partial charge on any atom is 0.382 e. The number of hydrogen-bond donors (Lipinski definition) is 2. The molecule has 4 heteroatoms. The molecule has 0 heterocycles. The highest BCUT2D eigenvalue weighted by Crippen LogP contribution is 2.12.